The number of alkyl halides is 3. The van der Waals surface area contributed by atoms with Crippen LogP contribution in [0.2, 0.25) is 0 Å². The van der Waals surface area contributed by atoms with Crippen molar-refractivity contribution in [1.82, 2.24) is 15.0 Å². The van der Waals surface area contributed by atoms with Crippen molar-refractivity contribution in [3.05, 3.63) is 47.5 Å². The molecule has 1 amide bonds. The average Bonchev–Trinajstić information content (AvgIpc) is 3.08. The second-order valence-electron chi connectivity index (χ2n) is 7.15. The van der Waals surface area contributed by atoms with E-state index < -0.39 is 17.6 Å². The normalized spacial score (nSPS) is 15.0. The van der Waals surface area contributed by atoms with E-state index in [1.807, 2.05) is 4.90 Å². The number of carbonyl (C=O) groups is 1. The molecule has 0 bridgehead atoms. The van der Waals surface area contributed by atoms with Crippen molar-refractivity contribution < 1.29 is 18.0 Å². The molecule has 1 aromatic heterocycles. The van der Waals surface area contributed by atoms with Crippen LogP contribution in [0.5, 0.6) is 0 Å². The number of hydrogen-bond acceptors (Lipinski definition) is 4. The molecule has 29 heavy (non-hydrogen) atoms. The maximum Gasteiger partial charge on any atom is 0.416 e. The second kappa shape index (κ2) is 7.38. The number of halogens is 3. The predicted octanol–water partition coefficient (Wildman–Crippen LogP) is 4.23. The van der Waals surface area contributed by atoms with Gasteiger partial charge in [0.15, 0.2) is 0 Å². The number of amides is 1. The largest absolute Gasteiger partial charge is 0.416 e. The minimum absolute atomic E-state index is 0.158. The SMILES string of the molecule is Cn1nnc2cc(C(=O)Nc3cc(C(F)(F)F)ccc3N3CCCCC3)ccc21. The van der Waals surface area contributed by atoms with Crippen molar-refractivity contribution >= 4 is 28.3 Å². The lowest BCUT2D eigenvalue weighted by atomic mass is 10.1. The number of nitrogens with zero attached hydrogens (tertiary/aromatic N) is 4. The number of carbonyl (C=O) groups excluding carboxylic acids is 1. The van der Waals surface area contributed by atoms with Gasteiger partial charge in [0.1, 0.15) is 5.52 Å². The summed E-state index contributed by atoms with van der Waals surface area (Å²) >= 11 is 0. The molecule has 2 aromatic carbocycles. The Bertz CT molecular complexity index is 1050. The van der Waals surface area contributed by atoms with Crippen molar-refractivity contribution in [2.75, 3.05) is 23.3 Å². The number of fused-ring (bicyclic) bond motifs is 1. The number of nitrogens with one attached hydrogen (secondary N) is 1. The maximum absolute atomic E-state index is 13.2. The highest BCUT2D eigenvalue weighted by molar-refractivity contribution is 6.07. The van der Waals surface area contributed by atoms with Gasteiger partial charge in [-0.05, 0) is 55.7 Å². The lowest BCUT2D eigenvalue weighted by Crippen LogP contribution is -2.30. The van der Waals surface area contributed by atoms with Crippen LogP contribution in [0.15, 0.2) is 36.4 Å². The van der Waals surface area contributed by atoms with Gasteiger partial charge in [-0.1, -0.05) is 5.21 Å². The molecule has 0 aliphatic carbocycles. The zero-order valence-corrected chi connectivity index (χ0v) is 15.8. The molecule has 2 heterocycles. The van der Waals surface area contributed by atoms with Crippen LogP contribution >= 0.6 is 0 Å². The minimum atomic E-state index is -4.49. The summed E-state index contributed by atoms with van der Waals surface area (Å²) in [5.41, 5.74) is 1.57. The van der Waals surface area contributed by atoms with Crippen molar-refractivity contribution in [3.8, 4) is 0 Å². The Morgan fingerprint density at radius 3 is 2.55 bits per heavy atom. The molecule has 1 saturated heterocycles. The molecule has 6 nitrogen and oxygen atoms in total. The van der Waals surface area contributed by atoms with E-state index in [4.69, 9.17) is 0 Å². The first-order chi connectivity index (χ1) is 13.8. The fourth-order valence-corrected chi connectivity index (χ4v) is 3.60. The van der Waals surface area contributed by atoms with E-state index in [1.54, 1.807) is 29.9 Å². The lowest BCUT2D eigenvalue weighted by molar-refractivity contribution is -0.137. The predicted molar refractivity (Wildman–Crippen MR) is 104 cm³/mol. The molecular formula is C20H20F3N5O. The number of anilines is 2. The van der Waals surface area contributed by atoms with Gasteiger partial charge in [0, 0.05) is 25.7 Å². The molecule has 1 fully saturated rings. The van der Waals surface area contributed by atoms with Gasteiger partial charge in [0.2, 0.25) is 0 Å². The number of rotatable bonds is 3. The molecular weight excluding hydrogens is 383 g/mol. The van der Waals surface area contributed by atoms with Gasteiger partial charge in [0.25, 0.3) is 5.91 Å². The first-order valence-corrected chi connectivity index (χ1v) is 9.40. The molecule has 0 radical (unpaired) electrons. The Morgan fingerprint density at radius 2 is 1.83 bits per heavy atom. The average molecular weight is 403 g/mol. The summed E-state index contributed by atoms with van der Waals surface area (Å²) in [6.07, 6.45) is -1.45. The molecule has 0 atom stereocenters. The second-order valence-corrected chi connectivity index (χ2v) is 7.15. The standard InChI is InChI=1S/C20H20F3N5O/c1-27-17-7-5-13(11-16(17)25-26-27)19(29)24-15-12-14(20(21,22)23)6-8-18(15)28-9-3-2-4-10-28/h5-8,11-12H,2-4,9-10H2,1H3,(H,24,29). The summed E-state index contributed by atoms with van der Waals surface area (Å²) in [7, 11) is 1.74. The highest BCUT2D eigenvalue weighted by Crippen LogP contribution is 2.36. The molecule has 1 aliphatic heterocycles. The van der Waals surface area contributed by atoms with E-state index in [1.165, 1.54) is 6.07 Å². The molecule has 152 valence electrons. The molecule has 1 aliphatic rings. The zero-order chi connectivity index (χ0) is 20.6. The first-order valence-electron chi connectivity index (χ1n) is 9.40. The smallest absolute Gasteiger partial charge is 0.370 e. The van der Waals surface area contributed by atoms with E-state index in [9.17, 15) is 18.0 Å². The fraction of sp³-hybridized carbons (Fsp3) is 0.350. The number of piperidine rings is 1. The van der Waals surface area contributed by atoms with E-state index in [0.29, 0.717) is 16.8 Å². The molecule has 3 aromatic rings. The molecule has 0 saturated carbocycles. The minimum Gasteiger partial charge on any atom is -0.370 e. The third kappa shape index (κ3) is 3.90. The number of aryl methyl sites for hydroxylation is 1. The summed E-state index contributed by atoms with van der Waals surface area (Å²) in [5, 5.41) is 10.6. The van der Waals surface area contributed by atoms with Crippen LogP contribution in [0.1, 0.15) is 35.2 Å². The summed E-state index contributed by atoms with van der Waals surface area (Å²) in [4.78, 5) is 14.8. The van der Waals surface area contributed by atoms with Crippen LogP contribution in [0.25, 0.3) is 11.0 Å². The molecule has 0 spiro atoms. The maximum atomic E-state index is 13.2. The summed E-state index contributed by atoms with van der Waals surface area (Å²) in [6.45, 7) is 1.50. The van der Waals surface area contributed by atoms with Crippen LogP contribution in [0, 0.1) is 0 Å². The van der Waals surface area contributed by atoms with Crippen LogP contribution in [0.3, 0.4) is 0 Å². The van der Waals surface area contributed by atoms with Crippen molar-refractivity contribution in [3.63, 3.8) is 0 Å². The van der Waals surface area contributed by atoms with Crippen molar-refractivity contribution in [1.29, 1.82) is 0 Å². The zero-order valence-electron chi connectivity index (χ0n) is 15.8. The van der Waals surface area contributed by atoms with E-state index in [2.05, 4.69) is 15.6 Å². The molecule has 1 N–H and O–H groups in total. The first kappa shape index (κ1) is 19.2. The highest BCUT2D eigenvalue weighted by atomic mass is 19.4. The van der Waals surface area contributed by atoms with Crippen LogP contribution < -0.4 is 10.2 Å². The fourth-order valence-electron chi connectivity index (χ4n) is 3.60. The Hall–Kier alpha value is -3.10. The quantitative estimate of drug-likeness (QED) is 0.711. The highest BCUT2D eigenvalue weighted by Gasteiger charge is 2.32. The van der Waals surface area contributed by atoms with Crippen molar-refractivity contribution in [2.24, 2.45) is 7.05 Å². The monoisotopic (exact) mass is 403 g/mol. The number of aromatic nitrogens is 3. The van der Waals surface area contributed by atoms with Gasteiger partial charge >= 0.3 is 6.18 Å². The Labute approximate surface area is 165 Å². The van der Waals surface area contributed by atoms with Gasteiger partial charge in [-0.3, -0.25) is 4.79 Å². The Kier molecular flexibility index (Phi) is 4.89. The van der Waals surface area contributed by atoms with E-state index >= 15 is 0 Å². The van der Waals surface area contributed by atoms with Gasteiger partial charge in [0.05, 0.1) is 22.5 Å². The van der Waals surface area contributed by atoms with Gasteiger partial charge in [-0.2, -0.15) is 13.2 Å². The van der Waals surface area contributed by atoms with E-state index in [0.717, 1.165) is 50.0 Å². The summed E-state index contributed by atoms with van der Waals surface area (Å²) < 4.78 is 41.3. The molecule has 9 heteroatoms. The van der Waals surface area contributed by atoms with Gasteiger partial charge < -0.3 is 10.2 Å². The summed E-state index contributed by atoms with van der Waals surface area (Å²) in [6, 6.07) is 8.40. The Morgan fingerprint density at radius 1 is 1.07 bits per heavy atom. The van der Waals surface area contributed by atoms with Crippen LogP contribution in [-0.2, 0) is 13.2 Å². The molecule has 4 rings (SSSR count). The number of hydrogen-bond donors (Lipinski definition) is 1. The third-order valence-corrected chi connectivity index (χ3v) is 5.14. The van der Waals surface area contributed by atoms with Crippen LogP contribution in [0.4, 0.5) is 24.5 Å². The van der Waals surface area contributed by atoms with Gasteiger partial charge in [-0.15, -0.1) is 5.10 Å². The molecule has 0 unspecified atom stereocenters. The van der Waals surface area contributed by atoms with Gasteiger partial charge in [-0.25, -0.2) is 4.68 Å². The van der Waals surface area contributed by atoms with Crippen molar-refractivity contribution in [2.45, 2.75) is 25.4 Å². The lowest BCUT2D eigenvalue weighted by Gasteiger charge is -2.31. The summed E-state index contributed by atoms with van der Waals surface area (Å²) in [5.74, 6) is -0.491. The van der Waals surface area contributed by atoms with Crippen LogP contribution in [-0.4, -0.2) is 34.0 Å². The number of benzene rings is 2. The third-order valence-electron chi connectivity index (χ3n) is 5.14. The Balaban J connectivity index is 1.67. The topological polar surface area (TPSA) is 63.1 Å². The van der Waals surface area contributed by atoms with E-state index in [-0.39, 0.29) is 5.69 Å².